The third-order valence-electron chi connectivity index (χ3n) is 10.2. The molecule has 0 saturated carbocycles. The number of aromatic amines is 2. The SMILES string of the molecule is NC(=O)CC(NC(=O)C(N)Cc1ccc(O)cc1)C(=O)NC(Cc1c[nH]c2ccccc12)C(=O)NC(CC(N)=O)C(=O)NC(CO)C(=O)NC(Cc1ccccc1)C(=O)NCc1cn[nH]n1. The molecule has 0 fully saturated rings. The van der Waals surface area contributed by atoms with Crippen molar-refractivity contribution in [3.05, 3.63) is 114 Å². The van der Waals surface area contributed by atoms with Crippen molar-refractivity contribution in [1.82, 2.24) is 52.3 Å². The third-order valence-corrected chi connectivity index (χ3v) is 10.2. The number of aromatic hydroxyl groups is 1. The van der Waals surface area contributed by atoms with Crippen molar-refractivity contribution in [3.63, 3.8) is 0 Å². The van der Waals surface area contributed by atoms with Gasteiger partial charge in [0.25, 0.3) is 0 Å². The lowest BCUT2D eigenvalue weighted by Crippen LogP contribution is -2.61. The summed E-state index contributed by atoms with van der Waals surface area (Å²) in [4.78, 5) is 109. The van der Waals surface area contributed by atoms with Crippen LogP contribution < -0.4 is 49.1 Å². The van der Waals surface area contributed by atoms with Crippen LogP contribution >= 0.6 is 0 Å². The van der Waals surface area contributed by atoms with Crippen LogP contribution in [0.1, 0.15) is 35.2 Å². The van der Waals surface area contributed by atoms with Gasteiger partial charge in [0.1, 0.15) is 41.7 Å². The number of primary amides is 2. The Kier molecular flexibility index (Phi) is 17.4. The highest BCUT2D eigenvalue weighted by molar-refractivity contribution is 5.99. The first-order chi connectivity index (χ1) is 31.6. The number of amides is 8. The monoisotopic (exact) mass is 909 g/mol. The highest BCUT2D eigenvalue weighted by Gasteiger charge is 2.34. The Morgan fingerprint density at radius 1 is 0.606 bits per heavy atom. The summed E-state index contributed by atoms with van der Waals surface area (Å²) < 4.78 is 0. The van der Waals surface area contributed by atoms with Crippen molar-refractivity contribution in [3.8, 4) is 5.75 Å². The van der Waals surface area contributed by atoms with E-state index in [2.05, 4.69) is 52.3 Å². The fourth-order valence-electron chi connectivity index (χ4n) is 6.76. The van der Waals surface area contributed by atoms with Gasteiger partial charge < -0.3 is 64.3 Å². The van der Waals surface area contributed by atoms with Gasteiger partial charge >= 0.3 is 0 Å². The Morgan fingerprint density at radius 2 is 1.14 bits per heavy atom. The van der Waals surface area contributed by atoms with E-state index in [1.54, 1.807) is 72.9 Å². The summed E-state index contributed by atoms with van der Waals surface area (Å²) >= 11 is 0. The van der Waals surface area contributed by atoms with Crippen molar-refractivity contribution < 1.29 is 48.6 Å². The molecule has 6 unspecified atom stereocenters. The summed E-state index contributed by atoms with van der Waals surface area (Å²) in [6.07, 6.45) is 1.20. The molecule has 0 saturated heterocycles. The molecule has 2 heterocycles. The number of phenolic OH excluding ortho intramolecular Hbond substituents is 1. The zero-order valence-electron chi connectivity index (χ0n) is 35.4. The molecule has 0 spiro atoms. The molecule has 23 heteroatoms. The number of aliphatic hydroxyl groups excluding tert-OH is 1. The number of carbonyl (C=O) groups excluding carboxylic acids is 8. The highest BCUT2D eigenvalue weighted by Crippen LogP contribution is 2.20. The molecule has 6 atom stereocenters. The van der Waals surface area contributed by atoms with Gasteiger partial charge in [-0.1, -0.05) is 60.7 Å². The van der Waals surface area contributed by atoms with Crippen molar-refractivity contribution in [2.45, 2.75) is 74.9 Å². The van der Waals surface area contributed by atoms with Gasteiger partial charge in [-0.25, -0.2) is 0 Å². The van der Waals surface area contributed by atoms with Gasteiger partial charge in [0, 0.05) is 29.9 Å². The summed E-state index contributed by atoms with van der Waals surface area (Å²) in [5.41, 5.74) is 19.9. The molecule has 23 nitrogen and oxygen atoms in total. The first-order valence-electron chi connectivity index (χ1n) is 20.5. The Bertz CT molecular complexity index is 2480. The van der Waals surface area contributed by atoms with E-state index in [9.17, 15) is 48.6 Å². The summed E-state index contributed by atoms with van der Waals surface area (Å²) in [7, 11) is 0. The fourth-order valence-corrected chi connectivity index (χ4v) is 6.76. The van der Waals surface area contributed by atoms with E-state index < -0.39 is 103 Å². The zero-order valence-corrected chi connectivity index (χ0v) is 35.4. The molecule has 2 aromatic heterocycles. The average Bonchev–Trinajstić information content (AvgIpc) is 3.97. The second-order valence-electron chi connectivity index (χ2n) is 15.2. The summed E-state index contributed by atoms with van der Waals surface area (Å²) in [5, 5.41) is 45.3. The number of rotatable bonds is 24. The second-order valence-corrected chi connectivity index (χ2v) is 15.2. The number of carbonyl (C=O) groups is 8. The van der Waals surface area contributed by atoms with Gasteiger partial charge in [-0.2, -0.15) is 15.4 Å². The Morgan fingerprint density at radius 3 is 1.74 bits per heavy atom. The maximum absolute atomic E-state index is 14.2. The normalized spacial score (nSPS) is 13.7. The molecule has 3 aromatic carbocycles. The molecule has 66 heavy (non-hydrogen) atoms. The van der Waals surface area contributed by atoms with Gasteiger partial charge in [0.2, 0.25) is 47.3 Å². The van der Waals surface area contributed by atoms with Crippen LogP contribution in [-0.4, -0.2) is 121 Å². The van der Waals surface area contributed by atoms with Gasteiger partial charge in [0.05, 0.1) is 38.2 Å². The number of aliphatic hydroxyl groups is 1. The van der Waals surface area contributed by atoms with Gasteiger partial charge in [-0.15, -0.1) is 0 Å². The van der Waals surface area contributed by atoms with E-state index in [4.69, 9.17) is 17.2 Å². The fraction of sp³-hybridized carbons (Fsp3) is 0.302. The van der Waals surface area contributed by atoms with Crippen molar-refractivity contribution in [2.75, 3.05) is 6.61 Å². The number of nitrogens with two attached hydrogens (primary N) is 3. The maximum Gasteiger partial charge on any atom is 0.245 e. The zero-order chi connectivity index (χ0) is 47.8. The van der Waals surface area contributed by atoms with E-state index in [-0.39, 0.29) is 31.6 Å². The number of nitrogens with zero attached hydrogens (tertiary/aromatic N) is 2. The molecule has 0 bridgehead atoms. The minimum atomic E-state index is -1.79. The number of H-pyrrole nitrogens is 2. The smallest absolute Gasteiger partial charge is 0.245 e. The van der Waals surface area contributed by atoms with Crippen LogP contribution in [0.3, 0.4) is 0 Å². The third kappa shape index (κ3) is 14.4. The lowest BCUT2D eigenvalue weighted by Gasteiger charge is -2.26. The van der Waals surface area contributed by atoms with Gasteiger partial charge in [0.15, 0.2) is 0 Å². The predicted molar refractivity (Wildman–Crippen MR) is 235 cm³/mol. The van der Waals surface area contributed by atoms with Crippen molar-refractivity contribution in [2.24, 2.45) is 17.2 Å². The Hall–Kier alpha value is -8.18. The molecule has 16 N–H and O–H groups in total. The topological polar surface area (TPSA) is 385 Å². The quantitative estimate of drug-likeness (QED) is 0.0291. The van der Waals surface area contributed by atoms with Crippen molar-refractivity contribution >= 4 is 58.2 Å². The molecular formula is C43H51N13O10. The van der Waals surface area contributed by atoms with Gasteiger partial charge in [-0.05, 0) is 41.3 Å². The molecule has 348 valence electrons. The lowest BCUT2D eigenvalue weighted by atomic mass is 10.0. The van der Waals surface area contributed by atoms with Gasteiger partial charge in [-0.3, -0.25) is 38.4 Å². The van der Waals surface area contributed by atoms with E-state index in [1.807, 2.05) is 0 Å². The molecule has 0 radical (unpaired) electrons. The number of para-hydroxylation sites is 1. The number of aromatic nitrogens is 4. The number of hydrogen-bond donors (Lipinski definition) is 13. The number of benzene rings is 3. The minimum Gasteiger partial charge on any atom is -0.508 e. The maximum atomic E-state index is 14.2. The molecule has 0 aliphatic carbocycles. The standard InChI is InChI=1S/C43H51N13O10/c44-29(14-24-10-12-27(58)13-11-24)38(61)50-33(17-36(45)59)41(64)52-32(16-25-19-47-30-9-5-4-8-28(25)30)40(63)53-34(18-37(46)60)42(65)54-35(22-57)43(66)51-31(15-23-6-2-1-3-7-23)39(62)48-20-26-21-49-56-55-26/h1-13,19,21,29,31-35,47,57-58H,14-18,20,22,44H2,(H2,45,59)(H2,46,60)(H,48,62)(H,50,61)(H,51,66)(H,52,64)(H,53,63)(H,54,65)(H,49,55,56). The van der Waals surface area contributed by atoms with Crippen LogP contribution in [0.25, 0.3) is 10.9 Å². The van der Waals surface area contributed by atoms with Crippen LogP contribution in [-0.2, 0) is 64.2 Å². The number of fused-ring (bicyclic) bond motifs is 1. The summed E-state index contributed by atoms with van der Waals surface area (Å²) in [6.45, 7) is -1.03. The predicted octanol–water partition coefficient (Wildman–Crippen LogP) is -3.17. The van der Waals surface area contributed by atoms with Crippen LogP contribution in [0.2, 0.25) is 0 Å². The number of phenols is 1. The first kappa shape index (κ1) is 48.8. The van der Waals surface area contributed by atoms with Crippen molar-refractivity contribution in [1.29, 1.82) is 0 Å². The van der Waals surface area contributed by atoms with Crippen LogP contribution in [0, 0.1) is 0 Å². The first-order valence-corrected chi connectivity index (χ1v) is 20.5. The van der Waals surface area contributed by atoms with E-state index in [1.165, 1.54) is 18.3 Å². The lowest BCUT2D eigenvalue weighted by molar-refractivity contribution is -0.136. The van der Waals surface area contributed by atoms with E-state index in [0.717, 1.165) is 0 Å². The van der Waals surface area contributed by atoms with E-state index >= 15 is 0 Å². The summed E-state index contributed by atoms with van der Waals surface area (Å²) in [5.74, 6) is -7.76. The Balaban J connectivity index is 1.33. The second kappa shape index (κ2) is 23.5. The van der Waals surface area contributed by atoms with Crippen LogP contribution in [0.5, 0.6) is 5.75 Å². The van der Waals surface area contributed by atoms with E-state index in [0.29, 0.717) is 33.3 Å². The molecule has 8 amide bonds. The minimum absolute atomic E-state index is 0.00378. The number of hydrogen-bond acceptors (Lipinski definition) is 13. The number of nitrogens with one attached hydrogen (secondary N) is 8. The largest absolute Gasteiger partial charge is 0.508 e. The van der Waals surface area contributed by atoms with Crippen LogP contribution in [0.15, 0.2) is 91.3 Å². The highest BCUT2D eigenvalue weighted by atomic mass is 16.3. The average molecular weight is 910 g/mol. The Labute approximate surface area is 376 Å². The van der Waals surface area contributed by atoms with Crippen LogP contribution in [0.4, 0.5) is 0 Å². The molecule has 0 aliphatic heterocycles. The molecule has 5 aromatic rings. The molecule has 5 rings (SSSR count). The molecular weight excluding hydrogens is 859 g/mol. The molecule has 0 aliphatic rings. The summed E-state index contributed by atoms with van der Waals surface area (Å²) in [6, 6.07) is 12.4.